The molecule has 0 nitrogen and oxygen atoms in total. The lowest BCUT2D eigenvalue weighted by atomic mass is 9.82. The fraction of sp³-hybridized carbons (Fsp3) is 0.0323. The number of halogens is 1. The van der Waals surface area contributed by atoms with Gasteiger partial charge >= 0.3 is 0 Å². The molecule has 0 spiro atoms. The van der Waals surface area contributed by atoms with Gasteiger partial charge in [0, 0.05) is 5.56 Å². The first-order valence-electron chi connectivity index (χ1n) is 10.9. The van der Waals surface area contributed by atoms with Crippen LogP contribution in [0, 0.1) is 5.82 Å². The average Bonchev–Trinajstić information content (AvgIpc) is 3.23. The van der Waals surface area contributed by atoms with Crippen molar-refractivity contribution in [1.29, 1.82) is 0 Å². The summed E-state index contributed by atoms with van der Waals surface area (Å²) in [6, 6.07) is 38.8. The highest BCUT2D eigenvalue weighted by Gasteiger charge is 2.28. The van der Waals surface area contributed by atoms with Gasteiger partial charge in [0.15, 0.2) is 0 Å². The number of hydrogen-bond acceptors (Lipinski definition) is 0. The molecule has 0 heterocycles. The van der Waals surface area contributed by atoms with E-state index in [1.807, 2.05) is 24.3 Å². The van der Waals surface area contributed by atoms with E-state index in [4.69, 9.17) is 0 Å². The summed E-state index contributed by atoms with van der Waals surface area (Å²) < 4.78 is 15.3. The molecule has 1 aliphatic rings. The number of rotatable bonds is 3. The van der Waals surface area contributed by atoms with Crippen molar-refractivity contribution in [2.75, 3.05) is 0 Å². The third kappa shape index (κ3) is 2.98. The summed E-state index contributed by atoms with van der Waals surface area (Å²) in [5, 5.41) is 0. The first-order chi connectivity index (χ1) is 15.8. The number of fused-ring (bicyclic) bond motifs is 3. The minimum atomic E-state index is -0.187. The molecule has 0 radical (unpaired) electrons. The van der Waals surface area contributed by atoms with E-state index in [0.29, 0.717) is 5.56 Å². The molecule has 0 unspecified atom stereocenters. The lowest BCUT2D eigenvalue weighted by Gasteiger charge is -2.21. The summed E-state index contributed by atoms with van der Waals surface area (Å²) in [4.78, 5) is 0. The molecule has 0 aromatic heterocycles. The maximum atomic E-state index is 15.3. The second-order valence-corrected chi connectivity index (χ2v) is 8.25. The van der Waals surface area contributed by atoms with Gasteiger partial charge in [-0.1, -0.05) is 103 Å². The van der Waals surface area contributed by atoms with Gasteiger partial charge in [0.1, 0.15) is 5.82 Å². The number of hydrogen-bond donors (Lipinski definition) is 0. The predicted molar refractivity (Wildman–Crippen MR) is 131 cm³/mol. The highest BCUT2D eigenvalue weighted by Crippen LogP contribution is 2.50. The van der Waals surface area contributed by atoms with Crippen molar-refractivity contribution < 1.29 is 4.39 Å². The van der Waals surface area contributed by atoms with Gasteiger partial charge in [0.25, 0.3) is 0 Å². The van der Waals surface area contributed by atoms with Crippen molar-refractivity contribution in [3.63, 3.8) is 0 Å². The predicted octanol–water partition coefficient (Wildman–Crippen LogP) is 8.40. The van der Waals surface area contributed by atoms with Gasteiger partial charge in [0.2, 0.25) is 0 Å². The summed E-state index contributed by atoms with van der Waals surface area (Å²) in [7, 11) is 0. The Morgan fingerprint density at radius 3 is 1.78 bits per heavy atom. The van der Waals surface area contributed by atoms with Crippen molar-refractivity contribution >= 4 is 0 Å². The van der Waals surface area contributed by atoms with Gasteiger partial charge in [-0.05, 0) is 68.6 Å². The molecule has 152 valence electrons. The Labute approximate surface area is 187 Å². The fourth-order valence-corrected chi connectivity index (χ4v) is 4.99. The Hall–Kier alpha value is -3.97. The zero-order valence-electron chi connectivity index (χ0n) is 17.6. The molecule has 0 N–H and O–H groups in total. The van der Waals surface area contributed by atoms with Crippen molar-refractivity contribution in [1.82, 2.24) is 0 Å². The van der Waals surface area contributed by atoms with Crippen LogP contribution in [-0.2, 0) is 6.42 Å². The smallest absolute Gasteiger partial charge is 0.131 e. The summed E-state index contributed by atoms with van der Waals surface area (Å²) >= 11 is 0. The molecule has 6 rings (SSSR count). The number of benzene rings is 5. The van der Waals surface area contributed by atoms with Crippen LogP contribution in [0.3, 0.4) is 0 Å². The van der Waals surface area contributed by atoms with Crippen LogP contribution in [0.25, 0.3) is 44.5 Å². The monoisotopic (exact) mass is 412 g/mol. The molecule has 32 heavy (non-hydrogen) atoms. The lowest BCUT2D eigenvalue weighted by Crippen LogP contribution is -1.98. The summed E-state index contributed by atoms with van der Waals surface area (Å²) in [6.45, 7) is 0. The highest BCUT2D eigenvalue weighted by atomic mass is 19.1. The summed E-state index contributed by atoms with van der Waals surface area (Å²) in [6.07, 6.45) is 0.810. The van der Waals surface area contributed by atoms with Crippen molar-refractivity contribution in [3.05, 3.63) is 132 Å². The van der Waals surface area contributed by atoms with E-state index in [1.54, 1.807) is 12.1 Å². The molecular weight excluding hydrogens is 391 g/mol. The second kappa shape index (κ2) is 7.62. The molecule has 5 aromatic carbocycles. The molecule has 0 amide bonds. The van der Waals surface area contributed by atoms with Gasteiger partial charge in [-0.3, -0.25) is 0 Å². The maximum absolute atomic E-state index is 15.3. The van der Waals surface area contributed by atoms with E-state index in [1.165, 1.54) is 22.3 Å². The Kier molecular flexibility index (Phi) is 4.47. The van der Waals surface area contributed by atoms with Gasteiger partial charge in [-0.15, -0.1) is 0 Å². The van der Waals surface area contributed by atoms with E-state index < -0.39 is 0 Å². The van der Waals surface area contributed by atoms with Crippen LogP contribution in [0.15, 0.2) is 115 Å². The molecular formula is C31H21F. The molecule has 0 fully saturated rings. The van der Waals surface area contributed by atoms with Gasteiger partial charge < -0.3 is 0 Å². The van der Waals surface area contributed by atoms with Crippen LogP contribution in [0.1, 0.15) is 11.1 Å². The summed E-state index contributed by atoms with van der Waals surface area (Å²) in [5.74, 6) is -0.187. The molecule has 0 saturated heterocycles. The highest BCUT2D eigenvalue weighted by molar-refractivity contribution is 6.01. The van der Waals surface area contributed by atoms with Crippen LogP contribution in [0.4, 0.5) is 4.39 Å². The zero-order chi connectivity index (χ0) is 21.5. The third-order valence-corrected chi connectivity index (χ3v) is 6.40. The summed E-state index contributed by atoms with van der Waals surface area (Å²) in [5.41, 5.74) is 11.1. The van der Waals surface area contributed by atoms with Crippen LogP contribution in [-0.4, -0.2) is 0 Å². The van der Waals surface area contributed by atoms with Gasteiger partial charge in [-0.2, -0.15) is 0 Å². The van der Waals surface area contributed by atoms with Crippen LogP contribution >= 0.6 is 0 Å². The molecule has 0 saturated carbocycles. The first-order valence-corrected chi connectivity index (χ1v) is 10.9. The van der Waals surface area contributed by atoms with Gasteiger partial charge in [0.05, 0.1) is 0 Å². The van der Waals surface area contributed by atoms with Crippen molar-refractivity contribution in [2.24, 2.45) is 0 Å². The van der Waals surface area contributed by atoms with E-state index in [2.05, 4.69) is 78.9 Å². The van der Waals surface area contributed by atoms with Crippen molar-refractivity contribution in [3.8, 4) is 44.5 Å². The zero-order valence-corrected chi connectivity index (χ0v) is 17.6. The SMILES string of the molecule is Fc1ccccc1-c1c2c(cc(-c3ccccc3)c1-c1ccccc1)-c1ccccc1C2. The largest absolute Gasteiger partial charge is 0.206 e. The molecule has 0 bridgehead atoms. The topological polar surface area (TPSA) is 0 Å². The molecule has 1 heteroatoms. The quantitative estimate of drug-likeness (QED) is 0.274. The van der Waals surface area contributed by atoms with E-state index in [-0.39, 0.29) is 5.82 Å². The van der Waals surface area contributed by atoms with E-state index >= 15 is 4.39 Å². The van der Waals surface area contributed by atoms with E-state index in [0.717, 1.165) is 34.2 Å². The second-order valence-electron chi connectivity index (χ2n) is 8.25. The first kappa shape index (κ1) is 18.8. The normalized spacial score (nSPS) is 11.8. The lowest BCUT2D eigenvalue weighted by molar-refractivity contribution is 0.631. The minimum absolute atomic E-state index is 0.187. The van der Waals surface area contributed by atoms with Crippen LogP contribution in [0.2, 0.25) is 0 Å². The molecule has 0 aliphatic heterocycles. The third-order valence-electron chi connectivity index (χ3n) is 6.40. The Morgan fingerprint density at radius 2 is 1.06 bits per heavy atom. The van der Waals surface area contributed by atoms with Crippen LogP contribution < -0.4 is 0 Å². The van der Waals surface area contributed by atoms with Crippen molar-refractivity contribution in [2.45, 2.75) is 6.42 Å². The molecule has 5 aromatic rings. The maximum Gasteiger partial charge on any atom is 0.131 e. The Morgan fingerprint density at radius 1 is 0.469 bits per heavy atom. The standard InChI is InChI=1S/C31H21F/c32-29-18-10-9-17-25(29)31-28-19-23-15-7-8-16-24(23)27(28)20-26(21-11-3-1-4-12-21)30(31)22-13-5-2-6-14-22/h1-18,20H,19H2. The molecule has 0 atom stereocenters. The fourth-order valence-electron chi connectivity index (χ4n) is 4.99. The van der Waals surface area contributed by atoms with Gasteiger partial charge in [-0.25, -0.2) is 4.39 Å². The van der Waals surface area contributed by atoms with Crippen LogP contribution in [0.5, 0.6) is 0 Å². The minimum Gasteiger partial charge on any atom is -0.206 e. The average molecular weight is 413 g/mol. The Bertz CT molecular complexity index is 1430. The molecule has 1 aliphatic carbocycles. The Balaban J connectivity index is 1.79. The van der Waals surface area contributed by atoms with E-state index in [9.17, 15) is 0 Å².